The van der Waals surface area contributed by atoms with E-state index < -0.39 is 10.0 Å². The van der Waals surface area contributed by atoms with Crippen molar-refractivity contribution in [1.29, 1.82) is 0 Å². The second-order valence-corrected chi connectivity index (χ2v) is 10.4. The number of carbonyl (C=O) groups excluding carboxylic acids is 1. The molecule has 0 aromatic heterocycles. The standard InChI is InChI=1S/C26H38N2O3S/c1-6-9-12-21(7-2)18-27-26(29)24-16-14-22(15-17-24)19-28(32(5,30)31)25-20(4)11-10-13-23(25)8-3/h10-11,13-17,21H,6-9,12,18-19H2,1-5H3,(H,27,29)/t21-/m1/s1. The van der Waals surface area contributed by atoms with Gasteiger partial charge in [-0.3, -0.25) is 9.10 Å². The summed E-state index contributed by atoms with van der Waals surface area (Å²) in [6.45, 7) is 9.22. The van der Waals surface area contributed by atoms with Crippen LogP contribution < -0.4 is 9.62 Å². The van der Waals surface area contributed by atoms with Crippen molar-refractivity contribution in [3.05, 3.63) is 64.7 Å². The first-order valence-corrected chi connectivity index (χ1v) is 13.5. The monoisotopic (exact) mass is 458 g/mol. The van der Waals surface area contributed by atoms with Crippen LogP contribution in [-0.4, -0.2) is 27.1 Å². The molecule has 0 bridgehead atoms. The molecule has 1 N–H and O–H groups in total. The number of para-hydroxylation sites is 1. The highest BCUT2D eigenvalue weighted by atomic mass is 32.2. The summed E-state index contributed by atoms with van der Waals surface area (Å²) in [4.78, 5) is 12.6. The minimum atomic E-state index is -3.47. The van der Waals surface area contributed by atoms with Gasteiger partial charge in [-0.2, -0.15) is 0 Å². The Morgan fingerprint density at radius 2 is 1.75 bits per heavy atom. The first-order chi connectivity index (χ1) is 15.2. The summed E-state index contributed by atoms with van der Waals surface area (Å²) in [7, 11) is -3.47. The highest BCUT2D eigenvalue weighted by Gasteiger charge is 2.22. The van der Waals surface area contributed by atoms with Crippen LogP contribution in [0.5, 0.6) is 0 Å². The first kappa shape index (κ1) is 25.9. The fraction of sp³-hybridized carbons (Fsp3) is 0.500. The average Bonchev–Trinajstić information content (AvgIpc) is 2.77. The van der Waals surface area contributed by atoms with Crippen LogP contribution in [-0.2, 0) is 23.0 Å². The van der Waals surface area contributed by atoms with Gasteiger partial charge in [0.25, 0.3) is 5.91 Å². The molecule has 0 saturated carbocycles. The first-order valence-electron chi connectivity index (χ1n) is 11.6. The van der Waals surface area contributed by atoms with E-state index in [2.05, 4.69) is 19.2 Å². The van der Waals surface area contributed by atoms with E-state index in [1.165, 1.54) is 23.4 Å². The molecule has 32 heavy (non-hydrogen) atoms. The van der Waals surface area contributed by atoms with Crippen molar-refractivity contribution in [2.24, 2.45) is 5.92 Å². The molecule has 1 atom stereocenters. The number of nitrogens with zero attached hydrogens (tertiary/aromatic N) is 1. The van der Waals surface area contributed by atoms with Crippen molar-refractivity contribution in [3.8, 4) is 0 Å². The maximum Gasteiger partial charge on any atom is 0.251 e. The Morgan fingerprint density at radius 3 is 2.31 bits per heavy atom. The van der Waals surface area contributed by atoms with Gasteiger partial charge in [0.05, 0.1) is 18.5 Å². The summed E-state index contributed by atoms with van der Waals surface area (Å²) in [5.74, 6) is 0.419. The molecule has 0 saturated heterocycles. The molecule has 6 heteroatoms. The van der Waals surface area contributed by atoms with Crippen molar-refractivity contribution in [2.75, 3.05) is 17.1 Å². The van der Waals surface area contributed by atoms with E-state index in [1.54, 1.807) is 12.1 Å². The molecule has 5 nitrogen and oxygen atoms in total. The Morgan fingerprint density at radius 1 is 1.06 bits per heavy atom. The summed E-state index contributed by atoms with van der Waals surface area (Å²) in [5, 5.41) is 3.05. The van der Waals surface area contributed by atoms with E-state index in [-0.39, 0.29) is 12.5 Å². The molecule has 2 aromatic rings. The topological polar surface area (TPSA) is 66.5 Å². The van der Waals surface area contributed by atoms with Gasteiger partial charge in [-0.25, -0.2) is 8.42 Å². The Hall–Kier alpha value is -2.34. The van der Waals surface area contributed by atoms with Crippen molar-refractivity contribution in [1.82, 2.24) is 5.32 Å². The molecule has 0 aliphatic carbocycles. The third-order valence-electron chi connectivity index (χ3n) is 5.99. The maximum absolute atomic E-state index is 12.6. The van der Waals surface area contributed by atoms with E-state index in [0.29, 0.717) is 18.0 Å². The van der Waals surface area contributed by atoms with Gasteiger partial charge in [-0.05, 0) is 54.5 Å². The number of benzene rings is 2. The van der Waals surface area contributed by atoms with Crippen molar-refractivity contribution < 1.29 is 13.2 Å². The molecule has 0 fully saturated rings. The van der Waals surface area contributed by atoms with E-state index in [9.17, 15) is 13.2 Å². The highest BCUT2D eigenvalue weighted by Crippen LogP contribution is 2.29. The molecule has 0 radical (unpaired) electrons. The Balaban J connectivity index is 2.15. The van der Waals surface area contributed by atoms with E-state index >= 15 is 0 Å². The van der Waals surface area contributed by atoms with Crippen LogP contribution in [0.3, 0.4) is 0 Å². The Labute approximate surface area is 194 Å². The summed E-state index contributed by atoms with van der Waals surface area (Å²) in [6.07, 6.45) is 6.52. The summed E-state index contributed by atoms with van der Waals surface area (Å²) in [5.41, 5.74) is 4.11. The average molecular weight is 459 g/mol. The van der Waals surface area contributed by atoms with Gasteiger partial charge in [0, 0.05) is 12.1 Å². The smallest absolute Gasteiger partial charge is 0.251 e. The molecule has 176 valence electrons. The minimum absolute atomic E-state index is 0.0846. The predicted molar refractivity (Wildman–Crippen MR) is 134 cm³/mol. The van der Waals surface area contributed by atoms with Gasteiger partial charge in [0.1, 0.15) is 0 Å². The number of hydrogen-bond acceptors (Lipinski definition) is 3. The number of hydrogen-bond donors (Lipinski definition) is 1. The Bertz CT molecular complexity index is 985. The molecule has 0 heterocycles. The third kappa shape index (κ3) is 7.09. The maximum atomic E-state index is 12.6. The summed E-state index contributed by atoms with van der Waals surface area (Å²) < 4.78 is 26.8. The van der Waals surface area contributed by atoms with Crippen molar-refractivity contribution >= 4 is 21.6 Å². The van der Waals surface area contributed by atoms with Gasteiger partial charge >= 0.3 is 0 Å². The van der Waals surface area contributed by atoms with Crippen LogP contribution in [0, 0.1) is 12.8 Å². The second-order valence-electron chi connectivity index (χ2n) is 8.53. The van der Waals surface area contributed by atoms with Gasteiger partial charge in [-0.15, -0.1) is 0 Å². The van der Waals surface area contributed by atoms with Crippen LogP contribution >= 0.6 is 0 Å². The van der Waals surface area contributed by atoms with Crippen LogP contribution in [0.15, 0.2) is 42.5 Å². The quantitative estimate of drug-likeness (QED) is 0.459. The van der Waals surface area contributed by atoms with E-state index in [4.69, 9.17) is 0 Å². The minimum Gasteiger partial charge on any atom is -0.352 e. The molecular weight excluding hydrogens is 420 g/mol. The zero-order chi connectivity index (χ0) is 23.7. The summed E-state index contributed by atoms with van der Waals surface area (Å²) >= 11 is 0. The number of unbranched alkanes of at least 4 members (excludes halogenated alkanes) is 1. The molecule has 2 aromatic carbocycles. The van der Waals surface area contributed by atoms with Gasteiger partial charge < -0.3 is 5.32 Å². The fourth-order valence-corrected chi connectivity index (χ4v) is 4.91. The number of nitrogens with one attached hydrogen (secondary N) is 1. The number of sulfonamides is 1. The van der Waals surface area contributed by atoms with Crippen LogP contribution in [0.4, 0.5) is 5.69 Å². The van der Waals surface area contributed by atoms with Gasteiger partial charge in [0.15, 0.2) is 0 Å². The lowest BCUT2D eigenvalue weighted by Crippen LogP contribution is -2.31. The second kappa shape index (κ2) is 12.0. The number of amides is 1. The molecule has 0 aliphatic rings. The summed E-state index contributed by atoms with van der Waals surface area (Å²) in [6, 6.07) is 13.1. The largest absolute Gasteiger partial charge is 0.352 e. The Kier molecular flexibility index (Phi) is 9.76. The third-order valence-corrected chi connectivity index (χ3v) is 7.10. The normalized spacial score (nSPS) is 12.4. The number of rotatable bonds is 12. The lowest BCUT2D eigenvalue weighted by atomic mass is 9.99. The van der Waals surface area contributed by atoms with Crippen molar-refractivity contribution in [3.63, 3.8) is 0 Å². The lowest BCUT2D eigenvalue weighted by Gasteiger charge is -2.27. The van der Waals surface area contributed by atoms with Crippen LogP contribution in [0.25, 0.3) is 0 Å². The number of anilines is 1. The molecular formula is C26H38N2O3S. The zero-order valence-corrected chi connectivity index (χ0v) is 21.0. The molecule has 0 unspecified atom stereocenters. The molecule has 1 amide bonds. The van der Waals surface area contributed by atoms with Crippen LogP contribution in [0.2, 0.25) is 0 Å². The lowest BCUT2D eigenvalue weighted by molar-refractivity contribution is 0.0946. The molecule has 0 spiro atoms. The van der Waals surface area contributed by atoms with E-state index in [1.807, 2.05) is 44.2 Å². The van der Waals surface area contributed by atoms with Gasteiger partial charge in [-0.1, -0.05) is 70.4 Å². The van der Waals surface area contributed by atoms with E-state index in [0.717, 1.165) is 41.6 Å². The molecule has 0 aliphatic heterocycles. The SMILES string of the molecule is CCCC[C@@H](CC)CNC(=O)c1ccc(CN(c2c(C)cccc2CC)S(C)(=O)=O)cc1. The van der Waals surface area contributed by atoms with Crippen molar-refractivity contribution in [2.45, 2.75) is 66.3 Å². The van der Waals surface area contributed by atoms with Gasteiger partial charge in [0.2, 0.25) is 10.0 Å². The zero-order valence-electron chi connectivity index (χ0n) is 20.1. The molecule has 2 rings (SSSR count). The highest BCUT2D eigenvalue weighted by molar-refractivity contribution is 7.92. The predicted octanol–water partition coefficient (Wildman–Crippen LogP) is 5.47. The van der Waals surface area contributed by atoms with Crippen LogP contribution in [0.1, 0.15) is 73.5 Å². The fourth-order valence-electron chi connectivity index (χ4n) is 3.93. The number of aryl methyl sites for hydroxylation is 2. The number of carbonyl (C=O) groups is 1.